The number of hydrogen-bond donors (Lipinski definition) is 0. The van der Waals surface area contributed by atoms with Crippen LogP contribution in [-0.4, -0.2) is 22.5 Å². The summed E-state index contributed by atoms with van der Waals surface area (Å²) in [5.41, 5.74) is 0. The van der Waals surface area contributed by atoms with E-state index in [1.807, 2.05) is 0 Å². The average Bonchev–Trinajstić information content (AvgIpc) is 0. The number of rotatable bonds is 0. The molecule has 0 amide bonds. The van der Waals surface area contributed by atoms with Crippen molar-refractivity contribution in [1.29, 1.82) is 0 Å². The van der Waals surface area contributed by atoms with Gasteiger partial charge in [-0.05, 0) is 0 Å². The molecule has 0 aliphatic carbocycles. The van der Waals surface area contributed by atoms with Crippen LogP contribution in [0, 0.1) is 41.7 Å². The van der Waals surface area contributed by atoms with Gasteiger partial charge in [0.25, 0.3) is 0 Å². The van der Waals surface area contributed by atoms with Crippen LogP contribution in [-0.2, 0) is 49.1 Å². The molecule has 0 heterocycles. The van der Waals surface area contributed by atoms with E-state index in [9.17, 15) is 0 Å². The summed E-state index contributed by atoms with van der Waals surface area (Å²) in [6, 6.07) is 0. The summed E-state index contributed by atoms with van der Waals surface area (Å²) in [6.45, 7) is 0. The van der Waals surface area contributed by atoms with E-state index in [4.69, 9.17) is 0 Å². The third kappa shape index (κ3) is 51.3. The van der Waals surface area contributed by atoms with E-state index in [-0.39, 0.29) is 113 Å². The van der Waals surface area contributed by atoms with Crippen LogP contribution in [0.1, 0.15) is 0 Å². The molecule has 0 saturated heterocycles. The predicted octanol–water partition coefficient (Wildman–Crippen LogP) is -2.10. The van der Waals surface area contributed by atoms with Crippen molar-refractivity contribution < 1.29 is 96.4 Å². The maximum absolute atomic E-state index is 0. The van der Waals surface area contributed by atoms with Crippen molar-refractivity contribution in [2.45, 2.75) is 0 Å². The molecule has 1 radical (unpaired) electrons. The van der Waals surface area contributed by atoms with Gasteiger partial charge in [0, 0.05) is 0 Å². The first kappa shape index (κ1) is 95.3. The summed E-state index contributed by atoms with van der Waals surface area (Å²) >= 11 is 0. The first-order valence-electron chi connectivity index (χ1n) is 0. The van der Waals surface area contributed by atoms with E-state index < -0.39 is 0 Å². The molecule has 2 N–H and O–H groups in total. The van der Waals surface area contributed by atoms with Gasteiger partial charge in [-0.2, -0.15) is 0 Å². The van der Waals surface area contributed by atoms with Gasteiger partial charge in [-0.25, -0.2) is 0 Å². The van der Waals surface area contributed by atoms with Gasteiger partial charge in [-0.1, -0.05) is 0 Å². The first-order chi connectivity index (χ1) is 0. The molecule has 41 valence electrons. The molecule has 0 aromatic heterocycles. The molecule has 0 atom stereocenters. The van der Waals surface area contributed by atoms with E-state index in [1.54, 1.807) is 0 Å². The van der Waals surface area contributed by atoms with Crippen molar-refractivity contribution >= 4 is 17.1 Å². The van der Waals surface area contributed by atoms with Gasteiger partial charge in [-0.3, -0.25) is 0 Å². The van der Waals surface area contributed by atoms with Crippen molar-refractivity contribution in [2.24, 2.45) is 0 Å². The second-order valence-corrected chi connectivity index (χ2v) is 0. The molecular weight excluding hydrogens is 372 g/mol. The van der Waals surface area contributed by atoms with Crippen LogP contribution >= 0.6 is 0 Å². The molecule has 0 aromatic carbocycles. The Bertz CT molecular complexity index is 11.7. The van der Waals surface area contributed by atoms with Crippen molar-refractivity contribution in [2.75, 3.05) is 0 Å². The van der Waals surface area contributed by atoms with Crippen LogP contribution in [0.2, 0.25) is 0 Å². The molecular formula is H4CeO4SeY. The molecule has 7 heavy (non-hydrogen) atoms. The van der Waals surface area contributed by atoms with Crippen LogP contribution in [0.3, 0.4) is 0 Å². The minimum Gasteiger partial charge on any atom is 3.00 e. The fraction of sp³-hybridized carbons (Fsp3) is 0. The second-order valence-electron chi connectivity index (χ2n) is 0. The number of hydrogen-bond acceptors (Lipinski definition) is 0. The summed E-state index contributed by atoms with van der Waals surface area (Å²) in [4.78, 5) is 0. The molecule has 0 aliphatic rings. The van der Waals surface area contributed by atoms with Gasteiger partial charge in [0.2, 0.25) is 0 Å². The largest absolute Gasteiger partial charge is 3.00 e. The Morgan fingerprint density at radius 1 is 0.714 bits per heavy atom. The first-order valence-corrected chi connectivity index (χ1v) is 0. The van der Waals surface area contributed by atoms with Crippen molar-refractivity contribution in [3.05, 3.63) is 0 Å². The van der Waals surface area contributed by atoms with E-state index >= 15 is 0 Å². The Morgan fingerprint density at radius 2 is 0.714 bits per heavy atom. The van der Waals surface area contributed by atoms with Gasteiger partial charge < -0.3 is 21.9 Å². The van der Waals surface area contributed by atoms with Gasteiger partial charge in [0.15, 0.2) is 0 Å². The molecule has 0 aromatic rings. The molecule has 0 saturated carbocycles. The van der Waals surface area contributed by atoms with E-state index in [0.29, 0.717) is 0 Å². The Labute approximate surface area is 111 Å². The SMILES string of the molecule is O.[Ce+3].[O-2].[O-2].[O-2].[SeH2].[Y+3]. The van der Waals surface area contributed by atoms with Gasteiger partial charge >= 0.3 is 91.5 Å². The summed E-state index contributed by atoms with van der Waals surface area (Å²) < 4.78 is 0. The van der Waals surface area contributed by atoms with E-state index in [2.05, 4.69) is 0 Å². The zero-order valence-corrected chi connectivity index (χ0v) is 11.4. The molecule has 0 bridgehead atoms. The molecule has 7 heteroatoms. The summed E-state index contributed by atoms with van der Waals surface area (Å²) in [6.07, 6.45) is 0. The zero-order valence-electron chi connectivity index (χ0n) is 3.30. The van der Waals surface area contributed by atoms with Gasteiger partial charge in [-0.15, -0.1) is 0 Å². The van der Waals surface area contributed by atoms with Crippen LogP contribution < -0.4 is 0 Å². The Morgan fingerprint density at radius 3 is 0.714 bits per heavy atom. The maximum Gasteiger partial charge on any atom is 3.00 e. The average molecular weight is 376 g/mol. The molecule has 4 nitrogen and oxygen atoms in total. The van der Waals surface area contributed by atoms with Crippen LogP contribution in [0.5, 0.6) is 0 Å². The Hall–Kier alpha value is 2.84. The maximum atomic E-state index is 0. The minimum absolute atomic E-state index is 0. The molecule has 0 unspecified atom stereocenters. The normalized spacial score (nSPS) is 0. The quantitative estimate of drug-likeness (QED) is 0.431. The van der Waals surface area contributed by atoms with Crippen LogP contribution in [0.15, 0.2) is 0 Å². The molecule has 0 fully saturated rings. The van der Waals surface area contributed by atoms with E-state index in [1.165, 1.54) is 0 Å². The summed E-state index contributed by atoms with van der Waals surface area (Å²) in [5, 5.41) is 0. The zero-order chi connectivity index (χ0) is 0. The second kappa shape index (κ2) is 67.4. The van der Waals surface area contributed by atoms with Crippen LogP contribution in [0.25, 0.3) is 0 Å². The smallest absolute Gasteiger partial charge is 3.00 e. The fourth-order valence-electron chi connectivity index (χ4n) is 0. The van der Waals surface area contributed by atoms with Gasteiger partial charge in [0.1, 0.15) is 0 Å². The molecule has 0 rings (SSSR count). The summed E-state index contributed by atoms with van der Waals surface area (Å²) in [7, 11) is 0. The van der Waals surface area contributed by atoms with Crippen molar-refractivity contribution in [3.8, 4) is 0 Å². The minimum atomic E-state index is 0. The fourth-order valence-corrected chi connectivity index (χ4v) is 0. The third-order valence-corrected chi connectivity index (χ3v) is 0. The van der Waals surface area contributed by atoms with Crippen molar-refractivity contribution in [3.63, 3.8) is 0 Å². The summed E-state index contributed by atoms with van der Waals surface area (Å²) in [5.74, 6) is 0. The Kier molecular flexibility index (Phi) is 918. The molecule has 0 spiro atoms. The third-order valence-electron chi connectivity index (χ3n) is 0. The topological polar surface area (TPSA) is 117 Å². The molecule has 0 aliphatic heterocycles. The standard InChI is InChI=1S/Ce.H2O.3O.H2Se.Y/h;1H2;;;;1H2;/q+3;;3*-2;;+3. The predicted molar refractivity (Wildman–Crippen MR) is 14.2 cm³/mol. The van der Waals surface area contributed by atoms with Crippen molar-refractivity contribution in [1.82, 2.24) is 0 Å². The monoisotopic (exact) mass is 377 g/mol. The Balaban J connectivity index is 0. The van der Waals surface area contributed by atoms with E-state index in [0.717, 1.165) is 0 Å². The van der Waals surface area contributed by atoms with Crippen LogP contribution in [0.4, 0.5) is 0 Å². The van der Waals surface area contributed by atoms with Gasteiger partial charge in [0.05, 0.1) is 0 Å².